The first-order chi connectivity index (χ1) is 11.0. The van der Waals surface area contributed by atoms with Crippen LogP contribution in [0.4, 0.5) is 0 Å². The maximum absolute atomic E-state index is 6.28. The minimum absolute atomic E-state index is 0.550. The lowest BCUT2D eigenvalue weighted by atomic mass is 9.69. The van der Waals surface area contributed by atoms with Crippen molar-refractivity contribution in [3.05, 3.63) is 52.8 Å². The van der Waals surface area contributed by atoms with Gasteiger partial charge in [-0.15, -0.1) is 0 Å². The zero-order valence-corrected chi connectivity index (χ0v) is 13.9. The van der Waals surface area contributed by atoms with Gasteiger partial charge in [-0.2, -0.15) is 0 Å². The number of ether oxygens (including phenoxy) is 2. The molecular weight excluding hydrogens is 312 g/mol. The molecule has 0 amide bonds. The fourth-order valence-corrected chi connectivity index (χ4v) is 4.51. The zero-order chi connectivity index (χ0) is 15.8. The van der Waals surface area contributed by atoms with Crippen molar-refractivity contribution < 1.29 is 14.0 Å². The topological polar surface area (TPSA) is 31.4 Å². The van der Waals surface area contributed by atoms with E-state index in [-0.39, 0.29) is 0 Å². The average molecular weight is 330 g/mol. The van der Waals surface area contributed by atoms with Crippen molar-refractivity contribution in [3.8, 4) is 11.5 Å². The van der Waals surface area contributed by atoms with E-state index in [1.54, 1.807) is 6.20 Å². The van der Waals surface area contributed by atoms with E-state index in [9.17, 15) is 0 Å². The molecule has 23 heavy (non-hydrogen) atoms. The highest BCUT2D eigenvalue weighted by Crippen LogP contribution is 2.60. The van der Waals surface area contributed by atoms with Gasteiger partial charge in [-0.3, -0.25) is 4.98 Å². The largest absolute Gasteiger partial charge is 0.443 e. The van der Waals surface area contributed by atoms with Crippen LogP contribution in [0.25, 0.3) is 0 Å². The molecule has 4 aliphatic rings. The number of nitrogens with zero attached hydrogens (tertiary/aromatic N) is 2. The summed E-state index contributed by atoms with van der Waals surface area (Å²) in [5, 5.41) is 0.605. The van der Waals surface area contributed by atoms with E-state index < -0.39 is 5.79 Å². The van der Waals surface area contributed by atoms with Crippen LogP contribution in [-0.2, 0) is 5.79 Å². The fourth-order valence-electron chi connectivity index (χ4n) is 4.40. The van der Waals surface area contributed by atoms with Crippen LogP contribution < -0.4 is 9.47 Å². The van der Waals surface area contributed by atoms with Crippen molar-refractivity contribution in [2.45, 2.75) is 18.8 Å². The third-order valence-corrected chi connectivity index (χ3v) is 5.77. The highest BCUT2D eigenvalue weighted by molar-refractivity contribution is 6.30. The molecule has 1 aromatic heterocycles. The summed E-state index contributed by atoms with van der Waals surface area (Å²) in [5.74, 6) is 1.58. The molecule has 2 atom stereocenters. The number of benzene rings is 1. The van der Waals surface area contributed by atoms with E-state index >= 15 is 0 Å². The van der Waals surface area contributed by atoms with E-state index in [1.165, 1.54) is 18.7 Å². The number of halogens is 1. The standard InChI is InChI=1S/C18H18ClN2O2/c1-18(15-7-6-12(19)8-20-15)22-14-5-3-4-13(17(14)23-18)16-11-9-21(16,2)10-11/h3-8,11,16H,9-10H2,1-2H3/q+1. The maximum atomic E-state index is 6.28. The lowest BCUT2D eigenvalue weighted by Crippen LogP contribution is -2.78. The van der Waals surface area contributed by atoms with Crippen molar-refractivity contribution in [3.63, 3.8) is 0 Å². The van der Waals surface area contributed by atoms with Crippen molar-refractivity contribution in [2.24, 2.45) is 5.92 Å². The van der Waals surface area contributed by atoms with Crippen LogP contribution in [0.2, 0.25) is 5.02 Å². The molecule has 3 fully saturated rings. The zero-order valence-electron chi connectivity index (χ0n) is 13.1. The lowest BCUT2D eigenvalue weighted by Gasteiger charge is -2.66. The Labute approximate surface area is 140 Å². The molecule has 0 saturated carbocycles. The number of aromatic nitrogens is 1. The molecular formula is C18H18ClN2O2+. The Bertz CT molecular complexity index is 801. The monoisotopic (exact) mass is 329 g/mol. The number of hydrogen-bond donors (Lipinski definition) is 0. The van der Waals surface area contributed by atoms with Gasteiger partial charge in [-0.25, -0.2) is 0 Å². The summed E-state index contributed by atoms with van der Waals surface area (Å²) in [6, 6.07) is 10.4. The van der Waals surface area contributed by atoms with Gasteiger partial charge in [-0.05, 0) is 24.3 Å². The van der Waals surface area contributed by atoms with Gasteiger partial charge in [0.1, 0.15) is 17.7 Å². The van der Waals surface area contributed by atoms with E-state index in [0.29, 0.717) is 11.1 Å². The Morgan fingerprint density at radius 3 is 2.65 bits per heavy atom. The molecule has 0 N–H and O–H groups in total. The first kappa shape index (κ1) is 13.6. The molecule has 0 spiro atoms. The first-order valence-corrected chi connectivity index (χ1v) is 8.33. The van der Waals surface area contributed by atoms with Gasteiger partial charge in [0.05, 0.1) is 30.7 Å². The van der Waals surface area contributed by atoms with Gasteiger partial charge < -0.3 is 14.0 Å². The summed E-state index contributed by atoms with van der Waals surface area (Å²) in [4.78, 5) is 4.38. The molecule has 2 bridgehead atoms. The molecule has 2 aromatic rings. The Hall–Kier alpha value is -1.78. The van der Waals surface area contributed by atoms with Crippen LogP contribution in [0, 0.1) is 5.92 Å². The smallest absolute Gasteiger partial charge is 0.292 e. The summed E-state index contributed by atoms with van der Waals surface area (Å²) in [6.07, 6.45) is 1.62. The minimum atomic E-state index is -0.898. The molecule has 6 rings (SSSR count). The van der Waals surface area contributed by atoms with Crippen LogP contribution in [-0.4, -0.2) is 29.6 Å². The van der Waals surface area contributed by atoms with Crippen LogP contribution >= 0.6 is 11.6 Å². The van der Waals surface area contributed by atoms with Crippen LogP contribution in [0.15, 0.2) is 36.5 Å². The van der Waals surface area contributed by atoms with Gasteiger partial charge >= 0.3 is 0 Å². The molecule has 2 unspecified atom stereocenters. The molecule has 5 heterocycles. The third-order valence-electron chi connectivity index (χ3n) is 5.54. The molecule has 3 saturated heterocycles. The second-order valence-corrected chi connectivity index (χ2v) is 7.67. The summed E-state index contributed by atoms with van der Waals surface area (Å²) >= 11 is 5.94. The van der Waals surface area contributed by atoms with Crippen molar-refractivity contribution in [1.29, 1.82) is 0 Å². The predicted octanol–water partition coefficient (Wildman–Crippen LogP) is 3.51. The number of hydrogen-bond acceptors (Lipinski definition) is 3. The van der Waals surface area contributed by atoms with Gasteiger partial charge in [0.15, 0.2) is 11.5 Å². The van der Waals surface area contributed by atoms with Gasteiger partial charge in [0.25, 0.3) is 5.79 Å². The highest BCUT2D eigenvalue weighted by atomic mass is 35.5. The van der Waals surface area contributed by atoms with Gasteiger partial charge in [-0.1, -0.05) is 17.7 Å². The molecule has 4 nitrogen and oxygen atoms in total. The van der Waals surface area contributed by atoms with Crippen LogP contribution in [0.5, 0.6) is 11.5 Å². The number of pyridine rings is 1. The molecule has 1 aromatic carbocycles. The van der Waals surface area contributed by atoms with Gasteiger partial charge in [0.2, 0.25) is 0 Å². The van der Waals surface area contributed by atoms with E-state index in [0.717, 1.165) is 27.6 Å². The number of rotatable bonds is 2. The number of quaternary nitrogens is 1. The van der Waals surface area contributed by atoms with Crippen molar-refractivity contribution in [2.75, 3.05) is 20.1 Å². The van der Waals surface area contributed by atoms with E-state index in [1.807, 2.05) is 25.1 Å². The molecule has 0 radical (unpaired) electrons. The fraction of sp³-hybridized carbons (Fsp3) is 0.389. The summed E-state index contributed by atoms with van der Waals surface area (Å²) in [7, 11) is 2.32. The van der Waals surface area contributed by atoms with Crippen molar-refractivity contribution >= 4 is 11.6 Å². The maximum Gasteiger partial charge on any atom is 0.292 e. The Kier molecular flexibility index (Phi) is 2.49. The minimum Gasteiger partial charge on any atom is -0.443 e. The molecule has 0 aliphatic carbocycles. The van der Waals surface area contributed by atoms with Crippen molar-refractivity contribution in [1.82, 2.24) is 4.98 Å². The molecule has 4 aliphatic heterocycles. The highest BCUT2D eigenvalue weighted by Gasteiger charge is 2.66. The predicted molar refractivity (Wildman–Crippen MR) is 86.4 cm³/mol. The Morgan fingerprint density at radius 2 is 2.04 bits per heavy atom. The van der Waals surface area contributed by atoms with Crippen LogP contribution in [0.3, 0.4) is 0 Å². The molecule has 118 valence electrons. The number of fused-ring (bicyclic) bond motifs is 1. The Balaban J connectivity index is 1.53. The summed E-state index contributed by atoms with van der Waals surface area (Å²) in [5.41, 5.74) is 1.99. The Morgan fingerprint density at radius 1 is 1.22 bits per heavy atom. The number of para-hydroxylation sites is 1. The van der Waals surface area contributed by atoms with E-state index in [4.69, 9.17) is 21.1 Å². The normalized spacial score (nSPS) is 36.3. The second kappa shape index (κ2) is 4.19. The quantitative estimate of drug-likeness (QED) is 0.790. The molecule has 5 heteroatoms. The lowest BCUT2D eigenvalue weighted by molar-refractivity contribution is -1.07. The van der Waals surface area contributed by atoms with E-state index in [2.05, 4.69) is 24.2 Å². The first-order valence-electron chi connectivity index (χ1n) is 7.96. The summed E-state index contributed by atoms with van der Waals surface area (Å²) in [6.45, 7) is 4.47. The van der Waals surface area contributed by atoms with Gasteiger partial charge in [0, 0.05) is 13.1 Å². The third kappa shape index (κ3) is 1.73. The SMILES string of the molecule is CC1(c2ccc(Cl)cn2)Oc2cccc(C3C4C[N+]3(C)C4)c2O1. The second-order valence-electron chi connectivity index (χ2n) is 7.24. The summed E-state index contributed by atoms with van der Waals surface area (Å²) < 4.78 is 13.5. The van der Waals surface area contributed by atoms with Crippen LogP contribution in [0.1, 0.15) is 24.2 Å². The average Bonchev–Trinajstić information content (AvgIpc) is 2.84.